The number of H-pyrrole nitrogens is 1. The first-order valence-corrected chi connectivity index (χ1v) is 8.12. The van der Waals surface area contributed by atoms with Gasteiger partial charge in [-0.1, -0.05) is 44.9 Å². The fourth-order valence-electron chi connectivity index (χ4n) is 2.72. The van der Waals surface area contributed by atoms with Crippen molar-refractivity contribution in [1.82, 2.24) is 9.88 Å². The molecule has 0 saturated carbocycles. The predicted octanol–water partition coefficient (Wildman–Crippen LogP) is 4.61. The second kappa shape index (κ2) is 8.11. The molecule has 0 radical (unpaired) electrons. The summed E-state index contributed by atoms with van der Waals surface area (Å²) in [6, 6.07) is 8.61. The monoisotopic (exact) mass is 272 g/mol. The Morgan fingerprint density at radius 2 is 1.65 bits per heavy atom. The number of nitrogens with zero attached hydrogens (tertiary/aromatic N) is 1. The lowest BCUT2D eigenvalue weighted by Gasteiger charge is -2.21. The second-order valence-corrected chi connectivity index (χ2v) is 5.66. The van der Waals surface area contributed by atoms with Gasteiger partial charge in [0.1, 0.15) is 0 Å². The Morgan fingerprint density at radius 1 is 0.950 bits per heavy atom. The lowest BCUT2D eigenvalue weighted by atomic mass is 10.1. The smallest absolute Gasteiger partial charge is 0.0456 e. The van der Waals surface area contributed by atoms with Gasteiger partial charge >= 0.3 is 0 Å². The summed E-state index contributed by atoms with van der Waals surface area (Å²) in [6.07, 6.45) is 8.54. The lowest BCUT2D eigenvalue weighted by Crippen LogP contribution is -2.28. The molecule has 0 aliphatic carbocycles. The molecule has 0 spiro atoms. The third-order valence-corrected chi connectivity index (χ3v) is 4.03. The van der Waals surface area contributed by atoms with Gasteiger partial charge in [0.2, 0.25) is 0 Å². The van der Waals surface area contributed by atoms with E-state index in [0.717, 1.165) is 6.42 Å². The average Bonchev–Trinajstić information content (AvgIpc) is 2.90. The SMILES string of the molecule is CCCCN(CCCC)CCc1c[nH]c2ccccc12. The number of benzene rings is 1. The van der Waals surface area contributed by atoms with E-state index in [-0.39, 0.29) is 0 Å². The highest BCUT2D eigenvalue weighted by Crippen LogP contribution is 2.18. The van der Waals surface area contributed by atoms with Crippen LogP contribution in [-0.2, 0) is 6.42 Å². The van der Waals surface area contributed by atoms with E-state index in [1.54, 1.807) is 0 Å². The number of hydrogen-bond acceptors (Lipinski definition) is 1. The molecule has 0 fully saturated rings. The van der Waals surface area contributed by atoms with Crippen molar-refractivity contribution in [3.63, 3.8) is 0 Å². The quantitative estimate of drug-likeness (QED) is 0.706. The number of rotatable bonds is 9. The zero-order valence-corrected chi connectivity index (χ0v) is 13.0. The van der Waals surface area contributed by atoms with Gasteiger partial charge < -0.3 is 9.88 Å². The van der Waals surface area contributed by atoms with Gasteiger partial charge in [0.15, 0.2) is 0 Å². The molecule has 0 aliphatic rings. The summed E-state index contributed by atoms with van der Waals surface area (Å²) < 4.78 is 0. The van der Waals surface area contributed by atoms with E-state index in [4.69, 9.17) is 0 Å². The second-order valence-electron chi connectivity index (χ2n) is 5.66. The Bertz CT molecular complexity index is 493. The fraction of sp³-hybridized carbons (Fsp3) is 0.556. The average molecular weight is 272 g/mol. The van der Waals surface area contributed by atoms with Gasteiger partial charge in [0.25, 0.3) is 0 Å². The van der Waals surface area contributed by atoms with Crippen molar-refractivity contribution >= 4 is 10.9 Å². The van der Waals surface area contributed by atoms with Gasteiger partial charge in [-0.15, -0.1) is 0 Å². The molecule has 2 aromatic rings. The van der Waals surface area contributed by atoms with E-state index in [2.05, 4.69) is 54.2 Å². The third-order valence-electron chi connectivity index (χ3n) is 4.03. The van der Waals surface area contributed by atoms with Crippen molar-refractivity contribution < 1.29 is 0 Å². The Hall–Kier alpha value is -1.28. The van der Waals surface area contributed by atoms with Crippen molar-refractivity contribution in [2.45, 2.75) is 46.0 Å². The fourth-order valence-corrected chi connectivity index (χ4v) is 2.72. The van der Waals surface area contributed by atoms with Crippen molar-refractivity contribution in [3.8, 4) is 0 Å². The third kappa shape index (κ3) is 4.11. The number of para-hydroxylation sites is 1. The van der Waals surface area contributed by atoms with E-state index in [9.17, 15) is 0 Å². The van der Waals surface area contributed by atoms with Crippen LogP contribution >= 0.6 is 0 Å². The van der Waals surface area contributed by atoms with Gasteiger partial charge in [0.05, 0.1) is 0 Å². The van der Waals surface area contributed by atoms with Crippen LogP contribution in [0.15, 0.2) is 30.5 Å². The Labute approximate surface area is 123 Å². The highest BCUT2D eigenvalue weighted by molar-refractivity contribution is 5.83. The van der Waals surface area contributed by atoms with Gasteiger partial charge in [-0.05, 0) is 44.0 Å². The number of unbranched alkanes of at least 4 members (excludes halogenated alkanes) is 2. The molecule has 0 amide bonds. The lowest BCUT2D eigenvalue weighted by molar-refractivity contribution is 0.268. The number of aromatic nitrogens is 1. The van der Waals surface area contributed by atoms with E-state index in [1.807, 2.05) is 0 Å². The Balaban J connectivity index is 1.93. The number of fused-ring (bicyclic) bond motifs is 1. The summed E-state index contributed by atoms with van der Waals surface area (Å²) in [5.41, 5.74) is 2.72. The minimum atomic E-state index is 1.15. The molecular weight excluding hydrogens is 244 g/mol. The van der Waals surface area contributed by atoms with E-state index in [1.165, 1.54) is 61.8 Å². The molecule has 2 heteroatoms. The largest absolute Gasteiger partial charge is 0.361 e. The van der Waals surface area contributed by atoms with Crippen molar-refractivity contribution in [2.24, 2.45) is 0 Å². The molecule has 110 valence electrons. The molecule has 1 heterocycles. The minimum Gasteiger partial charge on any atom is -0.361 e. The van der Waals surface area contributed by atoms with Crippen LogP contribution in [0.1, 0.15) is 45.1 Å². The first-order valence-electron chi connectivity index (χ1n) is 8.12. The normalized spacial score (nSPS) is 11.6. The molecule has 0 unspecified atom stereocenters. The topological polar surface area (TPSA) is 19.0 Å². The maximum atomic E-state index is 3.38. The van der Waals surface area contributed by atoms with Gasteiger partial charge in [-0.25, -0.2) is 0 Å². The van der Waals surface area contributed by atoms with Crippen molar-refractivity contribution in [2.75, 3.05) is 19.6 Å². The molecule has 0 bridgehead atoms. The van der Waals surface area contributed by atoms with Crippen LogP contribution in [0.3, 0.4) is 0 Å². The Morgan fingerprint density at radius 3 is 2.35 bits per heavy atom. The van der Waals surface area contributed by atoms with Crippen molar-refractivity contribution in [1.29, 1.82) is 0 Å². The molecule has 0 atom stereocenters. The van der Waals surface area contributed by atoms with E-state index in [0.29, 0.717) is 0 Å². The molecule has 1 aromatic carbocycles. The highest BCUT2D eigenvalue weighted by atomic mass is 15.1. The van der Waals surface area contributed by atoms with Gasteiger partial charge in [-0.3, -0.25) is 0 Å². The molecule has 2 nitrogen and oxygen atoms in total. The minimum absolute atomic E-state index is 1.15. The summed E-state index contributed by atoms with van der Waals surface area (Å²) in [4.78, 5) is 6.01. The van der Waals surface area contributed by atoms with Crippen LogP contribution in [0.25, 0.3) is 10.9 Å². The molecule has 1 aromatic heterocycles. The van der Waals surface area contributed by atoms with Crippen LogP contribution in [-0.4, -0.2) is 29.5 Å². The molecule has 20 heavy (non-hydrogen) atoms. The van der Waals surface area contributed by atoms with Gasteiger partial charge in [0, 0.05) is 23.6 Å². The van der Waals surface area contributed by atoms with Crippen LogP contribution in [0.2, 0.25) is 0 Å². The number of nitrogens with one attached hydrogen (secondary N) is 1. The summed E-state index contributed by atoms with van der Waals surface area (Å²) in [7, 11) is 0. The first kappa shape index (κ1) is 15.1. The van der Waals surface area contributed by atoms with Gasteiger partial charge in [-0.2, -0.15) is 0 Å². The van der Waals surface area contributed by atoms with Crippen LogP contribution in [0.4, 0.5) is 0 Å². The zero-order chi connectivity index (χ0) is 14.2. The number of hydrogen-bond donors (Lipinski definition) is 1. The molecule has 1 N–H and O–H groups in total. The molecular formula is C18H28N2. The maximum Gasteiger partial charge on any atom is 0.0456 e. The molecule has 2 rings (SSSR count). The summed E-state index contributed by atoms with van der Waals surface area (Å²) in [5, 5.41) is 1.39. The van der Waals surface area contributed by atoms with Crippen molar-refractivity contribution in [3.05, 3.63) is 36.0 Å². The highest BCUT2D eigenvalue weighted by Gasteiger charge is 2.07. The molecule has 0 saturated heterocycles. The zero-order valence-electron chi connectivity index (χ0n) is 13.0. The summed E-state index contributed by atoms with van der Waals surface area (Å²) in [5.74, 6) is 0. The van der Waals surface area contributed by atoms with E-state index < -0.39 is 0 Å². The summed E-state index contributed by atoms with van der Waals surface area (Å²) in [6.45, 7) is 8.23. The maximum absolute atomic E-state index is 3.38. The first-order chi connectivity index (χ1) is 9.85. The van der Waals surface area contributed by atoms with Crippen LogP contribution in [0.5, 0.6) is 0 Å². The number of aromatic amines is 1. The van der Waals surface area contributed by atoms with E-state index >= 15 is 0 Å². The van der Waals surface area contributed by atoms with Crippen LogP contribution in [0, 0.1) is 0 Å². The standard InChI is InChI=1S/C18H28N2/c1-3-5-12-20(13-6-4-2)14-11-16-15-19-18-10-8-7-9-17(16)18/h7-10,15,19H,3-6,11-14H2,1-2H3. The summed E-state index contributed by atoms with van der Waals surface area (Å²) >= 11 is 0. The predicted molar refractivity (Wildman–Crippen MR) is 88.3 cm³/mol. The van der Waals surface area contributed by atoms with Crippen LogP contribution < -0.4 is 0 Å². The Kier molecular flexibility index (Phi) is 6.13. The molecule has 0 aliphatic heterocycles.